The summed E-state index contributed by atoms with van der Waals surface area (Å²) in [6.07, 6.45) is 5.73. The van der Waals surface area contributed by atoms with Gasteiger partial charge < -0.3 is 29.7 Å². The van der Waals surface area contributed by atoms with Gasteiger partial charge in [0.15, 0.2) is 0 Å². The smallest absolute Gasteiger partial charge is 0.313 e. The van der Waals surface area contributed by atoms with Gasteiger partial charge in [0.25, 0.3) is 5.91 Å². The largest absolute Gasteiger partial charge is 0.455 e. The van der Waals surface area contributed by atoms with Crippen molar-refractivity contribution in [3.8, 4) is 0 Å². The molecule has 3 amide bonds. The minimum absolute atomic E-state index is 0.0323. The molecule has 1 spiro atoms. The van der Waals surface area contributed by atoms with Crippen LogP contribution in [0.15, 0.2) is 109 Å². The third-order valence-corrected chi connectivity index (χ3v) is 10.8. The minimum Gasteiger partial charge on any atom is -0.455 e. The molecule has 1 aromatic heterocycles. The van der Waals surface area contributed by atoms with E-state index in [2.05, 4.69) is 15.6 Å². The molecule has 2 fully saturated rings. The van der Waals surface area contributed by atoms with Crippen LogP contribution in [-0.2, 0) is 35.3 Å². The normalized spacial score (nSPS) is 30.0. The lowest BCUT2D eigenvalue weighted by atomic mass is 9.77. The molecule has 3 aromatic carbocycles. The predicted octanol–water partition coefficient (Wildman–Crippen LogP) is 3.24. The number of aliphatic hydroxyl groups excluding tert-OH is 1. The van der Waals surface area contributed by atoms with Crippen molar-refractivity contribution in [1.29, 1.82) is 0 Å². The van der Waals surface area contributed by atoms with Gasteiger partial charge in [-0.25, -0.2) is 4.68 Å². The Morgan fingerprint density at radius 3 is 2.45 bits per heavy atom. The number of rotatable bonds is 6. The number of likely N-dealkylation sites (tertiary alicyclic amines) is 1. The molecule has 8 rings (SSSR count). The number of aromatic nitrogens is 3. The monoisotopic (exact) mass is 716 g/mol. The van der Waals surface area contributed by atoms with Gasteiger partial charge in [-0.1, -0.05) is 102 Å². The zero-order valence-electron chi connectivity index (χ0n) is 29.1. The van der Waals surface area contributed by atoms with Crippen molar-refractivity contribution in [2.45, 2.75) is 62.4 Å². The maximum Gasteiger partial charge on any atom is 0.313 e. The second-order valence-corrected chi connectivity index (χ2v) is 14.0. The quantitative estimate of drug-likeness (QED) is 0.226. The van der Waals surface area contributed by atoms with E-state index in [9.17, 15) is 14.7 Å². The highest BCUT2D eigenvalue weighted by Crippen LogP contribution is 2.55. The lowest BCUT2D eigenvalue weighted by Crippen LogP contribution is -2.56. The van der Waals surface area contributed by atoms with Gasteiger partial charge in [0.05, 0.1) is 36.2 Å². The molecule has 2 N–H and O–H groups in total. The van der Waals surface area contributed by atoms with Crippen LogP contribution < -0.4 is 5.32 Å². The molecule has 0 radical (unpaired) electrons. The van der Waals surface area contributed by atoms with E-state index in [-0.39, 0.29) is 25.5 Å². The highest BCUT2D eigenvalue weighted by atomic mass is 16.6. The number of benzene rings is 3. The van der Waals surface area contributed by atoms with E-state index in [4.69, 9.17) is 9.47 Å². The fraction of sp³-hybridized carbons (Fsp3) is 0.350. The minimum atomic E-state index is -1.60. The predicted molar refractivity (Wildman–Crippen MR) is 191 cm³/mol. The molecule has 0 unspecified atom stereocenters. The van der Waals surface area contributed by atoms with E-state index in [1.165, 1.54) is 4.90 Å². The second-order valence-electron chi connectivity index (χ2n) is 14.0. The van der Waals surface area contributed by atoms with Crippen LogP contribution >= 0.6 is 0 Å². The van der Waals surface area contributed by atoms with Gasteiger partial charge >= 0.3 is 5.97 Å². The molecule has 4 aromatic rings. The summed E-state index contributed by atoms with van der Waals surface area (Å²) in [6, 6.07) is 22.8. The third-order valence-electron chi connectivity index (χ3n) is 10.8. The molecule has 4 aliphatic rings. The maximum atomic E-state index is 15.1. The molecule has 2 saturated heterocycles. The lowest BCUT2D eigenvalue weighted by Gasteiger charge is -2.38. The zero-order valence-corrected chi connectivity index (χ0v) is 29.1. The molecule has 0 aliphatic carbocycles. The van der Waals surface area contributed by atoms with Gasteiger partial charge in [0, 0.05) is 13.0 Å². The number of hydrogen-bond donors (Lipinski definition) is 2. The van der Waals surface area contributed by atoms with Gasteiger partial charge in [-0.2, -0.15) is 0 Å². The fourth-order valence-electron chi connectivity index (χ4n) is 8.37. The SMILES string of the molecule is C[C@@H]1NC(=O)CC/C=C\[C@@H]2O[C@@]34C=CCN(Cn5nnc6ccccc65)C(=O)[C@@H]3N([C@H](CO)c3ccccc3)C(=O)[C@H]4[C@@H]2C(=O)O[C@H]1c1ccccc1. The average molecular weight is 717 g/mol. The van der Waals surface area contributed by atoms with Crippen molar-refractivity contribution in [3.05, 3.63) is 120 Å². The molecule has 4 aliphatic heterocycles. The van der Waals surface area contributed by atoms with Crippen LogP contribution in [0.5, 0.6) is 0 Å². The van der Waals surface area contributed by atoms with Crippen LogP contribution in [0.3, 0.4) is 0 Å². The van der Waals surface area contributed by atoms with Crippen LogP contribution in [0.4, 0.5) is 0 Å². The number of nitrogens with one attached hydrogen (secondary N) is 1. The number of ether oxygens (including phenoxy) is 2. The van der Waals surface area contributed by atoms with Gasteiger partial charge in [0.2, 0.25) is 11.8 Å². The van der Waals surface area contributed by atoms with E-state index in [0.29, 0.717) is 23.1 Å². The van der Waals surface area contributed by atoms with E-state index in [0.717, 1.165) is 5.52 Å². The second kappa shape index (κ2) is 14.1. The summed E-state index contributed by atoms with van der Waals surface area (Å²) in [6.45, 7) is 1.49. The first-order valence-corrected chi connectivity index (χ1v) is 17.9. The number of amides is 3. The molecular weight excluding hydrogens is 676 g/mol. The van der Waals surface area contributed by atoms with E-state index < -0.39 is 72.2 Å². The van der Waals surface area contributed by atoms with Gasteiger partial charge in [-0.05, 0) is 36.6 Å². The summed E-state index contributed by atoms with van der Waals surface area (Å²) in [4.78, 5) is 60.7. The number of nitrogens with zero attached hydrogens (tertiary/aromatic N) is 5. The number of hydrogen-bond acceptors (Lipinski definition) is 9. The molecule has 0 saturated carbocycles. The first kappa shape index (κ1) is 34.4. The number of aliphatic hydroxyl groups is 1. The van der Waals surface area contributed by atoms with Crippen molar-refractivity contribution in [1.82, 2.24) is 30.1 Å². The number of fused-ring (bicyclic) bond motifs is 3. The van der Waals surface area contributed by atoms with Crippen molar-refractivity contribution in [3.63, 3.8) is 0 Å². The van der Waals surface area contributed by atoms with Gasteiger partial charge in [0.1, 0.15) is 35.9 Å². The Bertz CT molecular complexity index is 2090. The van der Waals surface area contributed by atoms with Crippen molar-refractivity contribution in [2.24, 2.45) is 11.8 Å². The number of allylic oxidation sites excluding steroid dienone is 1. The van der Waals surface area contributed by atoms with E-state index in [1.54, 1.807) is 65.1 Å². The van der Waals surface area contributed by atoms with Crippen molar-refractivity contribution >= 4 is 34.7 Å². The highest BCUT2D eigenvalue weighted by molar-refractivity contribution is 5.99. The first-order valence-electron chi connectivity index (χ1n) is 17.9. The Morgan fingerprint density at radius 2 is 1.68 bits per heavy atom. The summed E-state index contributed by atoms with van der Waals surface area (Å²) in [5, 5.41) is 22.4. The number of carbonyl (C=O) groups excluding carboxylic acids is 4. The molecule has 53 heavy (non-hydrogen) atoms. The third kappa shape index (κ3) is 5.99. The van der Waals surface area contributed by atoms with Crippen molar-refractivity contribution in [2.75, 3.05) is 13.2 Å². The average Bonchev–Trinajstić information content (AvgIpc) is 3.77. The molecule has 272 valence electrons. The Balaban J connectivity index is 1.23. The molecule has 5 heterocycles. The maximum absolute atomic E-state index is 15.1. The van der Waals surface area contributed by atoms with Crippen molar-refractivity contribution < 1.29 is 33.8 Å². The number of cyclic esters (lactones) is 1. The van der Waals surface area contributed by atoms with Crippen LogP contribution in [0.2, 0.25) is 0 Å². The summed E-state index contributed by atoms with van der Waals surface area (Å²) in [5.41, 5.74) is 1.10. The molecule has 13 heteroatoms. The number of carbonyl (C=O) groups is 4. The van der Waals surface area contributed by atoms with Crippen LogP contribution in [-0.4, -0.2) is 90.5 Å². The molecular formula is C40H40N6O7. The molecule has 0 bridgehead atoms. The lowest BCUT2D eigenvalue weighted by molar-refractivity contribution is -0.162. The molecule has 13 nitrogen and oxygen atoms in total. The highest BCUT2D eigenvalue weighted by Gasteiger charge is 2.72. The summed E-state index contributed by atoms with van der Waals surface area (Å²) in [5.74, 6) is -4.16. The number of para-hydroxylation sites is 1. The van der Waals surface area contributed by atoms with Crippen LogP contribution in [0, 0.1) is 11.8 Å². The van der Waals surface area contributed by atoms with Gasteiger partial charge in [-0.15, -0.1) is 5.10 Å². The van der Waals surface area contributed by atoms with E-state index >= 15 is 9.59 Å². The standard InChI is InChI=1S/C40H40N6O7/c1-25-35(27-15-6-3-7-16-27)52-39(51)33-31(19-10-11-20-32(48)41-25)53-40-21-12-22-44(24-45-29-18-9-8-17-28(29)42-43-45)38(50)36(40)46(37(49)34(33)40)30(23-47)26-13-4-2-5-14-26/h2-10,12-19,21,25,30-31,33-36,47H,11,20,22-24H2,1H3,(H,41,48)/b19-10-/t25-,30+,31-,33+,34+,35+,36-,40+/m0/s1. The molecule has 8 atom stereocenters. The Hall–Kier alpha value is -5.66. The number of esters is 1. The summed E-state index contributed by atoms with van der Waals surface area (Å²) < 4.78 is 14.8. The van der Waals surface area contributed by atoms with Crippen LogP contribution in [0.1, 0.15) is 43.0 Å². The Morgan fingerprint density at radius 1 is 0.943 bits per heavy atom. The van der Waals surface area contributed by atoms with E-state index in [1.807, 2.05) is 60.7 Å². The fourth-order valence-corrected chi connectivity index (χ4v) is 8.37. The Labute approximate surface area is 305 Å². The summed E-state index contributed by atoms with van der Waals surface area (Å²) in [7, 11) is 0. The zero-order chi connectivity index (χ0) is 36.7. The first-order chi connectivity index (χ1) is 25.8. The topological polar surface area (TPSA) is 156 Å². The summed E-state index contributed by atoms with van der Waals surface area (Å²) >= 11 is 0. The van der Waals surface area contributed by atoms with Crippen LogP contribution in [0.25, 0.3) is 11.0 Å². The Kier molecular flexibility index (Phi) is 9.13. The van der Waals surface area contributed by atoms with Gasteiger partial charge in [-0.3, -0.25) is 19.2 Å².